The monoisotopic (exact) mass is 1160 g/mol. The van der Waals surface area contributed by atoms with Gasteiger partial charge in [0.2, 0.25) is 5.91 Å². The third kappa shape index (κ3) is 13.3. The van der Waals surface area contributed by atoms with E-state index in [4.69, 9.17) is 30.0 Å². The van der Waals surface area contributed by atoms with Gasteiger partial charge < -0.3 is 41.0 Å². The van der Waals surface area contributed by atoms with Gasteiger partial charge in [0, 0.05) is 35.1 Å². The fourth-order valence-electron chi connectivity index (χ4n) is 12.8. The van der Waals surface area contributed by atoms with E-state index in [1.807, 2.05) is 0 Å². The first kappa shape index (κ1) is 61.0. The summed E-state index contributed by atoms with van der Waals surface area (Å²) in [4.78, 5) is 37.2. The molecule has 1 amide bonds. The predicted octanol–water partition coefficient (Wildman–Crippen LogP) is 7.88. The molecule has 2 aromatic carbocycles. The minimum atomic E-state index is -0.893. The van der Waals surface area contributed by atoms with Crippen LogP contribution in [0.3, 0.4) is 0 Å². The number of amides is 1. The minimum Gasteiger partial charge on any atom is -0.495 e. The quantitative estimate of drug-likeness (QED) is 0.0995. The molecule has 0 spiro atoms. The average molecular weight is 1160 g/mol. The fraction of sp³-hybridized carbons (Fsp3) is 0.736. The summed E-state index contributed by atoms with van der Waals surface area (Å²) >= 11 is 6.42. The van der Waals surface area contributed by atoms with Crippen molar-refractivity contribution in [1.29, 1.82) is 0 Å². The summed E-state index contributed by atoms with van der Waals surface area (Å²) < 4.78 is 39.3. The van der Waals surface area contributed by atoms with E-state index in [1.54, 1.807) is 19.9 Å². The Balaban J connectivity index is 0.000000213. The molecule has 16 atom stereocenters. The Labute approximate surface area is 448 Å². The molecule has 2 aromatic rings. The Morgan fingerprint density at radius 3 is 1.93 bits per heavy atom. The van der Waals surface area contributed by atoms with Crippen LogP contribution in [0.25, 0.3) is 0 Å². The van der Waals surface area contributed by atoms with E-state index in [0.717, 1.165) is 31.3 Å². The molecule has 6 aliphatic carbocycles. The van der Waals surface area contributed by atoms with Gasteiger partial charge in [-0.1, -0.05) is 57.5 Å². The second-order valence-corrected chi connectivity index (χ2v) is 28.2. The summed E-state index contributed by atoms with van der Waals surface area (Å²) in [5.41, 5.74) is 8.09. The van der Waals surface area contributed by atoms with Crippen molar-refractivity contribution in [2.75, 3.05) is 27.4 Å². The van der Waals surface area contributed by atoms with Gasteiger partial charge in [-0.2, -0.15) is 10.1 Å². The normalized spacial score (nSPS) is 34.8. The van der Waals surface area contributed by atoms with Gasteiger partial charge in [-0.25, -0.2) is 8.78 Å². The summed E-state index contributed by atoms with van der Waals surface area (Å²) in [6, 6.07) is 6.30. The second-order valence-electron chi connectivity index (χ2n) is 23.0. The Bertz CT molecular complexity index is 2120. The summed E-state index contributed by atoms with van der Waals surface area (Å²) in [6.45, 7) is 17.1. The molecule has 6 saturated carbocycles. The molecule has 4 bridgehead atoms. The average Bonchev–Trinajstić information content (AvgIpc) is 3.96. The highest BCUT2D eigenvalue weighted by Crippen LogP contribution is 2.62. The van der Waals surface area contributed by atoms with Gasteiger partial charge in [-0.15, -0.1) is 17.4 Å². The van der Waals surface area contributed by atoms with Crippen molar-refractivity contribution in [1.82, 2.24) is 15.4 Å². The topological polar surface area (TPSA) is 197 Å². The van der Waals surface area contributed by atoms with Crippen LogP contribution in [0.5, 0.6) is 5.75 Å². The summed E-state index contributed by atoms with van der Waals surface area (Å²) in [7, 11) is 2.49. The number of rotatable bonds is 10. The number of esters is 1. The number of aliphatic hydroxyl groups excluding tert-OH is 4. The van der Waals surface area contributed by atoms with Crippen molar-refractivity contribution >= 4 is 57.9 Å². The highest BCUT2D eigenvalue weighted by molar-refractivity contribution is 9.10. The van der Waals surface area contributed by atoms with E-state index in [2.05, 4.69) is 96.1 Å². The molecule has 11 rings (SSSR count). The molecule has 3 heterocycles. The number of carbonyl (C=O) groups is 2. The lowest BCUT2D eigenvalue weighted by molar-refractivity contribution is -0.195. The maximum Gasteiger partial charge on any atom is 0.326 e. The Morgan fingerprint density at radius 1 is 0.875 bits per heavy atom. The first-order valence-corrected chi connectivity index (χ1v) is 30.7. The highest BCUT2D eigenvalue weighted by Gasteiger charge is 2.59. The number of nitrogens with two attached hydrogens (primary N) is 1. The Hall–Kier alpha value is -1.83. The van der Waals surface area contributed by atoms with Crippen LogP contribution in [0.4, 0.5) is 8.78 Å². The largest absolute Gasteiger partial charge is 0.495 e. The second kappa shape index (κ2) is 25.5. The third-order valence-corrected chi connectivity index (χ3v) is 18.0. The van der Waals surface area contributed by atoms with E-state index in [-0.39, 0.29) is 76.2 Å². The summed E-state index contributed by atoms with van der Waals surface area (Å²) in [6.07, 6.45) is 2.42. The lowest BCUT2D eigenvalue weighted by Gasteiger charge is -2.62. The van der Waals surface area contributed by atoms with E-state index >= 15 is 0 Å². The highest BCUT2D eigenvalue weighted by atomic mass is 79.9. The van der Waals surface area contributed by atoms with Crippen LogP contribution in [0.2, 0.25) is 17.4 Å². The first-order valence-electron chi connectivity index (χ1n) is 25.7. The van der Waals surface area contributed by atoms with E-state index < -0.39 is 42.1 Å². The number of hydroxylamine groups is 4. The zero-order chi connectivity index (χ0) is 53.9. The van der Waals surface area contributed by atoms with Gasteiger partial charge in [-0.3, -0.25) is 19.3 Å². The predicted molar refractivity (Wildman–Crippen MR) is 281 cm³/mol. The molecule has 3 aliphatic heterocycles. The number of benzene rings is 2. The molecule has 19 heteroatoms. The molecular weight excluding hydrogens is 1080 g/mol. The van der Waals surface area contributed by atoms with Gasteiger partial charge in [0.05, 0.1) is 49.9 Å². The number of nitrogens with zero attached hydrogens (tertiary/aromatic N) is 2. The smallest absolute Gasteiger partial charge is 0.326 e. The van der Waals surface area contributed by atoms with E-state index in [0.29, 0.717) is 60.4 Å². The van der Waals surface area contributed by atoms with E-state index in [1.165, 1.54) is 60.8 Å². The number of ether oxygens (including phenoxy) is 2. The molecule has 406 valence electrons. The first-order chi connectivity index (χ1) is 33.7. The minimum absolute atomic E-state index is 0.0480. The molecular formula is C53H83AlBr2F2N4O10. The van der Waals surface area contributed by atoms with Crippen molar-refractivity contribution in [3.8, 4) is 5.75 Å². The lowest BCUT2D eigenvalue weighted by Crippen LogP contribution is -2.62. The molecule has 0 unspecified atom stereocenters. The third-order valence-electron chi connectivity index (χ3n) is 17.0. The molecule has 9 fully saturated rings. The molecule has 72 heavy (non-hydrogen) atoms. The molecule has 14 nitrogen and oxygen atoms in total. The maximum atomic E-state index is 14.2. The number of halogens is 4. The standard InChI is InChI=1S/C25H36BrFN2O5.C14H15BrFNO4.C10H19N.CH4O.3CH3.Al/c1-12-17-7-15(25(17,3)4)8-19(12)28-24(32)22-21(13(2)31)20(11-30)34-29(22)10-14-6-16(27)9-18(26)23(14)33-5;1-7-12-11(6-18)21-17(13(12)14(19)20-7)5-8-2-9(15)4-10(16)3-8;1-6-8-4-7(5-9(6)11)10(8,2)3;1-2;;;;/h6,9,12-13,15,17,19-22,30-31H,7-8,10-11H2,1-5H3,(H,28,32);2-4,7,11-13,18H,5-6H2,1H3;6-9H,4-5,11H2,1-3H3;2H,1H3;3*1H3;/t12-,13-,15+,17-,19-,20-,21+,22-;7-,11-,12+,13-;6-,7+,8-,9-;;;;;/m000...../s1. The number of hydrogen-bond donors (Lipinski definition) is 6. The van der Waals surface area contributed by atoms with Crippen LogP contribution in [0.1, 0.15) is 92.2 Å². The van der Waals surface area contributed by atoms with Crippen LogP contribution in [0.15, 0.2) is 39.3 Å². The number of aliphatic hydroxyl groups is 4. The van der Waals surface area contributed by atoms with Gasteiger partial charge in [0.25, 0.3) is 14.1 Å². The lowest BCUT2D eigenvalue weighted by atomic mass is 9.45. The van der Waals surface area contributed by atoms with Gasteiger partial charge in [-0.05, 0) is 138 Å². The number of cyclic esters (lactones) is 1. The van der Waals surface area contributed by atoms with Crippen molar-refractivity contribution in [3.63, 3.8) is 0 Å². The zero-order valence-electron chi connectivity index (χ0n) is 44.6. The van der Waals surface area contributed by atoms with E-state index in [9.17, 15) is 33.7 Å². The fourth-order valence-corrected chi connectivity index (χ4v) is 14.0. The number of carbonyl (C=O) groups excluding carboxylic acids is 2. The number of hydrogen-bond acceptors (Lipinski definition) is 13. The van der Waals surface area contributed by atoms with Crippen LogP contribution in [-0.2, 0) is 37.1 Å². The summed E-state index contributed by atoms with van der Waals surface area (Å²) in [5.74, 6) is 9.18. The zero-order valence-corrected chi connectivity index (χ0v) is 48.9. The summed E-state index contributed by atoms with van der Waals surface area (Å²) in [5, 5.41) is 43.0. The maximum absolute atomic E-state index is 14.2. The molecule has 7 N–H and O–H groups in total. The van der Waals surface area contributed by atoms with Crippen LogP contribution in [0, 0.1) is 69.8 Å². The van der Waals surface area contributed by atoms with Crippen molar-refractivity contribution < 1.29 is 57.9 Å². The van der Waals surface area contributed by atoms with Crippen LogP contribution < -0.4 is 15.8 Å². The number of fused-ring (bicyclic) bond motifs is 5. The number of nitrogens with one attached hydrogen (secondary N) is 1. The van der Waals surface area contributed by atoms with Crippen LogP contribution in [-0.4, -0.2) is 133 Å². The van der Waals surface area contributed by atoms with Gasteiger partial charge in [0.15, 0.2) is 0 Å². The molecule has 3 saturated heterocycles. The van der Waals surface area contributed by atoms with Crippen molar-refractivity contribution in [3.05, 3.63) is 62.0 Å². The SMILES string of the molecule is CO.COc1c(Br)cc(F)cc1CN1O[C@@H](CO)[C@@H]([C@H](C)O)[C@H]1C(=O)N[C@H]1C[C@H]2C[C@@H]([C@@H]1C)C2(C)C.C[C@@H]1OC(=O)[C@@H]2[C@H]1[C@H](CO)ON2Cc1cc(F)cc(Br)c1.C[C@@H]1[C@@H](N)C[C@H]2C[C@@H]1C2(C)C.[CH3][Al]([CH3])[CH3]. The Morgan fingerprint density at radius 2 is 1.43 bits per heavy atom. The Kier molecular flexibility index (Phi) is 21.7. The molecule has 9 aliphatic rings. The van der Waals surface area contributed by atoms with Crippen molar-refractivity contribution in [2.45, 2.75) is 160 Å². The number of methoxy groups -OCH3 is 1. The van der Waals surface area contributed by atoms with Crippen molar-refractivity contribution in [2.24, 2.45) is 63.9 Å². The van der Waals surface area contributed by atoms with Gasteiger partial charge >= 0.3 is 5.97 Å². The molecule has 0 aromatic heterocycles. The molecule has 0 radical (unpaired) electrons. The van der Waals surface area contributed by atoms with Gasteiger partial charge in [0.1, 0.15) is 47.8 Å². The van der Waals surface area contributed by atoms with Crippen LogP contribution >= 0.6 is 31.9 Å².